The van der Waals surface area contributed by atoms with E-state index in [1.807, 2.05) is 31.3 Å². The number of hydrogen-bond donors (Lipinski definition) is 1. The molecular formula is C17H14N2O2S. The Bertz CT molecular complexity index is 895. The molecule has 0 bridgehead atoms. The maximum absolute atomic E-state index is 11.7. The molecule has 1 aromatic carbocycles. The summed E-state index contributed by atoms with van der Waals surface area (Å²) in [6.45, 7) is 1.54. The van der Waals surface area contributed by atoms with Gasteiger partial charge in [0.05, 0.1) is 5.69 Å². The lowest BCUT2D eigenvalue weighted by Gasteiger charge is -2.05. The first-order valence-electron chi connectivity index (χ1n) is 6.78. The Morgan fingerprint density at radius 3 is 2.41 bits per heavy atom. The molecule has 0 unspecified atom stereocenters. The highest BCUT2D eigenvalue weighted by Gasteiger charge is 2.14. The van der Waals surface area contributed by atoms with Crippen LogP contribution in [-0.2, 0) is 7.05 Å². The summed E-state index contributed by atoms with van der Waals surface area (Å²) in [5.74, 6) is 0.00229. The molecule has 3 rings (SSSR count). The van der Waals surface area contributed by atoms with Crippen molar-refractivity contribution < 1.29 is 9.59 Å². The molecule has 4 nitrogen and oxygen atoms in total. The van der Waals surface area contributed by atoms with Crippen LogP contribution in [-0.4, -0.2) is 20.4 Å². The van der Waals surface area contributed by atoms with Crippen molar-refractivity contribution in [1.29, 1.82) is 0 Å². The SMILES string of the molecule is CC(=O)c1cc2c(-c3ccc(C(=O)S)cc3)ccnc2n1C. The van der Waals surface area contributed by atoms with Gasteiger partial charge in [-0.2, -0.15) is 0 Å². The molecule has 0 spiro atoms. The molecule has 0 saturated carbocycles. The predicted octanol–water partition coefficient (Wildman–Crippen LogP) is 3.51. The molecule has 5 heteroatoms. The van der Waals surface area contributed by atoms with E-state index in [4.69, 9.17) is 0 Å². The molecule has 0 amide bonds. The number of Topliss-reactive ketones (excluding diaryl/α,β-unsaturated/α-hetero) is 1. The fraction of sp³-hybridized carbons (Fsp3) is 0.118. The molecule has 0 radical (unpaired) electrons. The topological polar surface area (TPSA) is 52.0 Å². The Morgan fingerprint density at radius 2 is 1.82 bits per heavy atom. The average Bonchev–Trinajstić information content (AvgIpc) is 2.85. The van der Waals surface area contributed by atoms with Crippen LogP contribution in [0.2, 0.25) is 0 Å². The number of carbonyl (C=O) groups excluding carboxylic acids is 2. The second kappa shape index (κ2) is 5.42. The fourth-order valence-corrected chi connectivity index (χ4v) is 2.75. The summed E-state index contributed by atoms with van der Waals surface area (Å²) in [5, 5.41) is 0.658. The molecule has 2 heterocycles. The van der Waals surface area contributed by atoms with Gasteiger partial charge in [-0.3, -0.25) is 9.59 Å². The molecule has 0 aliphatic rings. The number of carbonyl (C=O) groups is 2. The minimum absolute atomic E-state index is 0.00229. The fourth-order valence-electron chi connectivity index (χ4n) is 2.60. The predicted molar refractivity (Wildman–Crippen MR) is 89.5 cm³/mol. The second-order valence-electron chi connectivity index (χ2n) is 5.12. The summed E-state index contributed by atoms with van der Waals surface area (Å²) in [6, 6.07) is 11.0. The van der Waals surface area contributed by atoms with Crippen LogP contribution in [0.5, 0.6) is 0 Å². The Balaban J connectivity index is 2.20. The van der Waals surface area contributed by atoms with E-state index in [2.05, 4.69) is 17.6 Å². The van der Waals surface area contributed by atoms with Crippen LogP contribution in [0.3, 0.4) is 0 Å². The first-order chi connectivity index (χ1) is 10.5. The second-order valence-corrected chi connectivity index (χ2v) is 5.53. The zero-order chi connectivity index (χ0) is 15.9. The molecule has 0 aliphatic carbocycles. The van der Waals surface area contributed by atoms with Gasteiger partial charge in [0.2, 0.25) is 5.12 Å². The van der Waals surface area contributed by atoms with Crippen molar-refractivity contribution in [3.05, 3.63) is 53.9 Å². The van der Waals surface area contributed by atoms with Crippen LogP contribution in [0, 0.1) is 0 Å². The minimum Gasteiger partial charge on any atom is -0.326 e. The van der Waals surface area contributed by atoms with Gasteiger partial charge in [-0.05, 0) is 35.4 Å². The number of pyridine rings is 1. The molecule has 0 saturated heterocycles. The molecule has 0 fully saturated rings. The monoisotopic (exact) mass is 310 g/mol. The zero-order valence-electron chi connectivity index (χ0n) is 12.2. The standard InChI is InChI=1S/C17H14N2O2S/c1-10(20)15-9-14-13(7-8-18-16(14)19(15)2)11-3-5-12(6-4-11)17(21)22/h3-9H,1-2H3,(H,21,22). The summed E-state index contributed by atoms with van der Waals surface area (Å²) in [6.07, 6.45) is 1.72. The lowest BCUT2D eigenvalue weighted by atomic mass is 10.0. The summed E-state index contributed by atoms with van der Waals surface area (Å²) < 4.78 is 1.80. The van der Waals surface area contributed by atoms with Gasteiger partial charge in [0, 0.05) is 31.1 Å². The molecule has 22 heavy (non-hydrogen) atoms. The van der Waals surface area contributed by atoms with Gasteiger partial charge < -0.3 is 4.57 Å². The van der Waals surface area contributed by atoms with Crippen LogP contribution in [0.25, 0.3) is 22.2 Å². The number of hydrogen-bond acceptors (Lipinski definition) is 3. The molecule has 0 aliphatic heterocycles. The largest absolute Gasteiger partial charge is 0.326 e. The van der Waals surface area contributed by atoms with Crippen molar-refractivity contribution >= 4 is 34.6 Å². The molecule has 0 atom stereocenters. The Morgan fingerprint density at radius 1 is 1.14 bits per heavy atom. The number of fused-ring (bicyclic) bond motifs is 1. The number of thiol groups is 1. The van der Waals surface area contributed by atoms with Crippen molar-refractivity contribution in [1.82, 2.24) is 9.55 Å². The molecule has 0 N–H and O–H groups in total. The third-order valence-corrected chi connectivity index (χ3v) is 3.99. The van der Waals surface area contributed by atoms with E-state index in [1.165, 1.54) is 0 Å². The smallest absolute Gasteiger partial charge is 0.216 e. The van der Waals surface area contributed by atoms with Crippen molar-refractivity contribution in [3.8, 4) is 11.1 Å². The van der Waals surface area contributed by atoms with E-state index < -0.39 is 0 Å². The molecule has 110 valence electrons. The normalized spacial score (nSPS) is 10.9. The van der Waals surface area contributed by atoms with Crippen LogP contribution >= 0.6 is 12.6 Å². The van der Waals surface area contributed by atoms with Crippen molar-refractivity contribution in [2.24, 2.45) is 7.05 Å². The summed E-state index contributed by atoms with van der Waals surface area (Å²) in [5.41, 5.74) is 3.88. The van der Waals surface area contributed by atoms with Gasteiger partial charge in [0.25, 0.3) is 0 Å². The van der Waals surface area contributed by atoms with E-state index in [1.54, 1.807) is 29.8 Å². The molecular weight excluding hydrogens is 296 g/mol. The van der Waals surface area contributed by atoms with E-state index in [0.717, 1.165) is 22.2 Å². The number of ketones is 1. The third-order valence-electron chi connectivity index (χ3n) is 3.73. The number of benzene rings is 1. The average molecular weight is 310 g/mol. The van der Waals surface area contributed by atoms with Gasteiger partial charge >= 0.3 is 0 Å². The van der Waals surface area contributed by atoms with Crippen molar-refractivity contribution in [2.45, 2.75) is 6.92 Å². The first-order valence-corrected chi connectivity index (χ1v) is 7.23. The van der Waals surface area contributed by atoms with E-state index >= 15 is 0 Å². The van der Waals surface area contributed by atoms with Crippen LogP contribution in [0.15, 0.2) is 42.6 Å². The number of aryl methyl sites for hydroxylation is 1. The van der Waals surface area contributed by atoms with Crippen LogP contribution < -0.4 is 0 Å². The summed E-state index contributed by atoms with van der Waals surface area (Å²) in [7, 11) is 1.83. The zero-order valence-corrected chi connectivity index (χ0v) is 13.1. The number of rotatable bonds is 3. The highest BCUT2D eigenvalue weighted by molar-refractivity contribution is 7.97. The lowest BCUT2D eigenvalue weighted by molar-refractivity contribution is 0.100. The number of nitrogens with zero attached hydrogens (tertiary/aromatic N) is 2. The first kappa shape index (κ1) is 14.5. The Kier molecular flexibility index (Phi) is 3.58. The van der Waals surface area contributed by atoms with E-state index in [-0.39, 0.29) is 10.9 Å². The third kappa shape index (κ3) is 2.33. The number of aromatic nitrogens is 2. The van der Waals surface area contributed by atoms with Gasteiger partial charge in [-0.1, -0.05) is 12.1 Å². The van der Waals surface area contributed by atoms with E-state index in [9.17, 15) is 9.59 Å². The maximum Gasteiger partial charge on any atom is 0.216 e. The highest BCUT2D eigenvalue weighted by atomic mass is 32.1. The van der Waals surface area contributed by atoms with E-state index in [0.29, 0.717) is 11.3 Å². The Hall–Kier alpha value is -2.40. The van der Waals surface area contributed by atoms with Gasteiger partial charge in [-0.25, -0.2) is 4.98 Å². The summed E-state index contributed by atoms with van der Waals surface area (Å²) in [4.78, 5) is 27.3. The Labute approximate surface area is 133 Å². The molecule has 2 aromatic heterocycles. The van der Waals surface area contributed by atoms with Crippen molar-refractivity contribution in [2.75, 3.05) is 0 Å². The molecule has 3 aromatic rings. The van der Waals surface area contributed by atoms with Crippen LogP contribution in [0.4, 0.5) is 0 Å². The van der Waals surface area contributed by atoms with Gasteiger partial charge in [0.15, 0.2) is 5.78 Å². The maximum atomic E-state index is 11.7. The quantitative estimate of drug-likeness (QED) is 0.595. The minimum atomic E-state index is -0.259. The van der Waals surface area contributed by atoms with Gasteiger partial charge in [0.1, 0.15) is 5.65 Å². The lowest BCUT2D eigenvalue weighted by Crippen LogP contribution is -2.01. The van der Waals surface area contributed by atoms with Gasteiger partial charge in [-0.15, -0.1) is 12.6 Å². The highest BCUT2D eigenvalue weighted by Crippen LogP contribution is 2.29. The van der Waals surface area contributed by atoms with Crippen molar-refractivity contribution in [3.63, 3.8) is 0 Å². The van der Waals surface area contributed by atoms with Crippen LogP contribution in [0.1, 0.15) is 27.8 Å². The summed E-state index contributed by atoms with van der Waals surface area (Å²) >= 11 is 3.82.